The van der Waals surface area contributed by atoms with Gasteiger partial charge < -0.3 is 20.9 Å². The highest BCUT2D eigenvalue weighted by Gasteiger charge is 2.19. The quantitative estimate of drug-likeness (QED) is 0.783. The standard InChI is InChI=1S/C17H24N4O2/c1-21-9-7-13(8-10-21)18-17(23)19-14-5-6-15-12(11-14)3-2-4-16(22)20-15/h5-6,11,13H,2-4,7-10H2,1H3,(H,20,22)(H2,18,19,23). The first-order valence-corrected chi connectivity index (χ1v) is 8.29. The Hall–Kier alpha value is -2.08. The van der Waals surface area contributed by atoms with E-state index in [-0.39, 0.29) is 18.0 Å². The largest absolute Gasteiger partial charge is 0.335 e. The minimum atomic E-state index is -0.155. The van der Waals surface area contributed by atoms with Gasteiger partial charge in [-0.1, -0.05) is 0 Å². The SMILES string of the molecule is CN1CCC(NC(=O)Nc2ccc3c(c2)CCCC(=O)N3)CC1. The minimum Gasteiger partial charge on any atom is -0.335 e. The van der Waals surface area contributed by atoms with Gasteiger partial charge in [0.15, 0.2) is 0 Å². The molecule has 0 spiro atoms. The van der Waals surface area contributed by atoms with Crippen LogP contribution in [0.3, 0.4) is 0 Å². The van der Waals surface area contributed by atoms with Crippen LogP contribution >= 0.6 is 0 Å². The van der Waals surface area contributed by atoms with E-state index in [2.05, 4.69) is 27.9 Å². The molecule has 3 amide bonds. The number of carbonyl (C=O) groups is 2. The average molecular weight is 316 g/mol. The maximum Gasteiger partial charge on any atom is 0.319 e. The predicted octanol–water partition coefficient (Wildman–Crippen LogP) is 2.18. The molecule has 0 atom stereocenters. The van der Waals surface area contributed by atoms with E-state index in [1.807, 2.05) is 18.2 Å². The lowest BCUT2D eigenvalue weighted by Crippen LogP contribution is -2.44. The van der Waals surface area contributed by atoms with Crippen LogP contribution in [0.2, 0.25) is 0 Å². The van der Waals surface area contributed by atoms with E-state index in [4.69, 9.17) is 0 Å². The molecular formula is C17H24N4O2. The molecule has 0 saturated carbocycles. The molecule has 0 radical (unpaired) electrons. The van der Waals surface area contributed by atoms with Gasteiger partial charge in [0.25, 0.3) is 0 Å². The van der Waals surface area contributed by atoms with Gasteiger partial charge in [-0.3, -0.25) is 4.79 Å². The number of amides is 3. The van der Waals surface area contributed by atoms with Crippen LogP contribution in [0.1, 0.15) is 31.2 Å². The summed E-state index contributed by atoms with van der Waals surface area (Å²) in [6.07, 6.45) is 4.21. The lowest BCUT2D eigenvalue weighted by atomic mass is 10.1. The number of nitrogens with one attached hydrogen (secondary N) is 3. The lowest BCUT2D eigenvalue weighted by molar-refractivity contribution is -0.116. The zero-order valence-corrected chi connectivity index (χ0v) is 13.5. The Kier molecular flexibility index (Phi) is 4.81. The van der Waals surface area contributed by atoms with E-state index < -0.39 is 0 Å². The summed E-state index contributed by atoms with van der Waals surface area (Å²) in [5.41, 5.74) is 2.70. The van der Waals surface area contributed by atoms with Crippen molar-refractivity contribution < 1.29 is 9.59 Å². The van der Waals surface area contributed by atoms with Gasteiger partial charge in [-0.25, -0.2) is 4.79 Å². The van der Waals surface area contributed by atoms with Crippen molar-refractivity contribution in [3.63, 3.8) is 0 Å². The Bertz CT molecular complexity index is 594. The van der Waals surface area contributed by atoms with Crippen molar-refractivity contribution >= 4 is 23.3 Å². The van der Waals surface area contributed by atoms with Crippen LogP contribution in [0.25, 0.3) is 0 Å². The highest BCUT2D eigenvalue weighted by molar-refractivity contribution is 5.94. The van der Waals surface area contributed by atoms with Crippen molar-refractivity contribution in [3.8, 4) is 0 Å². The maximum absolute atomic E-state index is 12.1. The molecular weight excluding hydrogens is 292 g/mol. The zero-order valence-electron chi connectivity index (χ0n) is 13.5. The second-order valence-electron chi connectivity index (χ2n) is 6.45. The van der Waals surface area contributed by atoms with Crippen molar-refractivity contribution in [2.75, 3.05) is 30.8 Å². The van der Waals surface area contributed by atoms with Gasteiger partial charge in [0, 0.05) is 23.8 Å². The fourth-order valence-corrected chi connectivity index (χ4v) is 3.16. The van der Waals surface area contributed by atoms with Crippen LogP contribution in [0.4, 0.5) is 16.2 Å². The topological polar surface area (TPSA) is 73.5 Å². The summed E-state index contributed by atoms with van der Waals surface area (Å²) in [6, 6.07) is 5.74. The van der Waals surface area contributed by atoms with E-state index in [1.165, 1.54) is 0 Å². The summed E-state index contributed by atoms with van der Waals surface area (Å²) in [5, 5.41) is 8.85. The number of piperidine rings is 1. The van der Waals surface area contributed by atoms with Crippen LogP contribution in [-0.2, 0) is 11.2 Å². The molecule has 1 aromatic carbocycles. The van der Waals surface area contributed by atoms with E-state index in [1.54, 1.807) is 0 Å². The van der Waals surface area contributed by atoms with Crippen LogP contribution in [-0.4, -0.2) is 43.0 Å². The number of urea groups is 1. The summed E-state index contributed by atoms with van der Waals surface area (Å²) in [7, 11) is 2.10. The molecule has 0 bridgehead atoms. The number of benzene rings is 1. The van der Waals surface area contributed by atoms with E-state index in [9.17, 15) is 9.59 Å². The minimum absolute atomic E-state index is 0.0597. The van der Waals surface area contributed by atoms with Crippen LogP contribution in [0.15, 0.2) is 18.2 Å². The molecule has 1 saturated heterocycles. The Labute approximate surface area is 136 Å². The summed E-state index contributed by atoms with van der Waals surface area (Å²) >= 11 is 0. The highest BCUT2D eigenvalue weighted by Crippen LogP contribution is 2.25. The van der Waals surface area contributed by atoms with Gasteiger partial charge in [0.1, 0.15) is 0 Å². The van der Waals surface area contributed by atoms with E-state index >= 15 is 0 Å². The van der Waals surface area contributed by atoms with Gasteiger partial charge >= 0.3 is 6.03 Å². The molecule has 1 fully saturated rings. The molecule has 2 aliphatic rings. The van der Waals surface area contributed by atoms with Crippen molar-refractivity contribution in [1.29, 1.82) is 0 Å². The number of likely N-dealkylation sites (tertiary alicyclic amines) is 1. The van der Waals surface area contributed by atoms with Gasteiger partial charge in [-0.05, 0) is 69.6 Å². The number of hydrogen-bond acceptors (Lipinski definition) is 3. The zero-order chi connectivity index (χ0) is 16.2. The number of aryl methyl sites for hydroxylation is 1. The molecule has 6 heteroatoms. The third-order valence-corrected chi connectivity index (χ3v) is 4.54. The molecule has 0 aliphatic carbocycles. The third kappa shape index (κ3) is 4.22. The van der Waals surface area contributed by atoms with Gasteiger partial charge in [0.05, 0.1) is 0 Å². The fraction of sp³-hybridized carbons (Fsp3) is 0.529. The molecule has 2 aliphatic heterocycles. The summed E-state index contributed by atoms with van der Waals surface area (Å²) in [4.78, 5) is 26.0. The molecule has 6 nitrogen and oxygen atoms in total. The molecule has 23 heavy (non-hydrogen) atoms. The smallest absolute Gasteiger partial charge is 0.319 e. The Morgan fingerprint density at radius 1 is 1.26 bits per heavy atom. The summed E-state index contributed by atoms with van der Waals surface area (Å²) < 4.78 is 0. The van der Waals surface area contributed by atoms with Crippen molar-refractivity contribution in [2.24, 2.45) is 0 Å². The summed E-state index contributed by atoms with van der Waals surface area (Å²) in [6.45, 7) is 2.03. The number of fused-ring (bicyclic) bond motifs is 1. The van der Waals surface area contributed by atoms with Crippen molar-refractivity contribution in [3.05, 3.63) is 23.8 Å². The Morgan fingerprint density at radius 2 is 2.04 bits per heavy atom. The van der Waals surface area contributed by atoms with Crippen molar-refractivity contribution in [2.45, 2.75) is 38.1 Å². The average Bonchev–Trinajstić information content (AvgIpc) is 2.70. The number of rotatable bonds is 2. The Morgan fingerprint density at radius 3 is 2.83 bits per heavy atom. The summed E-state index contributed by atoms with van der Waals surface area (Å²) in [5.74, 6) is 0.0597. The number of hydrogen-bond donors (Lipinski definition) is 3. The highest BCUT2D eigenvalue weighted by atomic mass is 16.2. The monoisotopic (exact) mass is 316 g/mol. The Balaban J connectivity index is 1.58. The van der Waals surface area contributed by atoms with E-state index in [0.29, 0.717) is 6.42 Å². The van der Waals surface area contributed by atoms with Gasteiger partial charge in [0.2, 0.25) is 5.91 Å². The van der Waals surface area contributed by atoms with Gasteiger partial charge in [-0.2, -0.15) is 0 Å². The molecule has 3 N–H and O–H groups in total. The maximum atomic E-state index is 12.1. The molecule has 124 valence electrons. The molecule has 2 heterocycles. The second-order valence-corrected chi connectivity index (χ2v) is 6.45. The second kappa shape index (κ2) is 7.00. The first kappa shape index (κ1) is 15.8. The predicted molar refractivity (Wildman–Crippen MR) is 90.7 cm³/mol. The van der Waals surface area contributed by atoms with Crippen molar-refractivity contribution in [1.82, 2.24) is 10.2 Å². The lowest BCUT2D eigenvalue weighted by Gasteiger charge is -2.29. The van der Waals surface area contributed by atoms with E-state index in [0.717, 1.165) is 55.7 Å². The number of carbonyl (C=O) groups excluding carboxylic acids is 2. The molecule has 3 rings (SSSR count). The van der Waals surface area contributed by atoms with Gasteiger partial charge in [-0.15, -0.1) is 0 Å². The van der Waals surface area contributed by atoms with Crippen LogP contribution in [0, 0.1) is 0 Å². The number of anilines is 2. The third-order valence-electron chi connectivity index (χ3n) is 4.54. The fourth-order valence-electron chi connectivity index (χ4n) is 3.16. The van der Waals surface area contributed by atoms with Crippen LogP contribution < -0.4 is 16.0 Å². The molecule has 1 aromatic rings. The normalized spacial score (nSPS) is 19.4. The first-order chi connectivity index (χ1) is 11.1. The van der Waals surface area contributed by atoms with Crippen LogP contribution in [0.5, 0.6) is 0 Å². The first-order valence-electron chi connectivity index (χ1n) is 8.29. The molecule has 0 aromatic heterocycles. The number of nitrogens with zero attached hydrogens (tertiary/aromatic N) is 1. The molecule has 0 unspecified atom stereocenters.